The van der Waals surface area contributed by atoms with E-state index >= 15 is 0 Å². The Balaban J connectivity index is 1.66. The Labute approximate surface area is 110 Å². The number of nitrogens with one attached hydrogen (secondary N) is 1. The van der Waals surface area contributed by atoms with Gasteiger partial charge in [-0.2, -0.15) is 0 Å². The SMILES string of the molecule is Cc1cn(C2CCCC2)c(NCC2CCCC2)n1. The van der Waals surface area contributed by atoms with Crippen LogP contribution >= 0.6 is 0 Å². The van der Waals surface area contributed by atoms with Gasteiger partial charge in [0.05, 0.1) is 5.69 Å². The molecule has 2 aliphatic rings. The number of imidazole rings is 1. The van der Waals surface area contributed by atoms with Crippen molar-refractivity contribution >= 4 is 5.95 Å². The first kappa shape index (κ1) is 12.1. The van der Waals surface area contributed by atoms with Gasteiger partial charge in [0.15, 0.2) is 0 Å². The van der Waals surface area contributed by atoms with Crippen molar-refractivity contribution in [3.63, 3.8) is 0 Å². The van der Waals surface area contributed by atoms with Crippen LogP contribution < -0.4 is 5.32 Å². The molecule has 2 saturated carbocycles. The molecule has 0 unspecified atom stereocenters. The molecule has 1 aromatic rings. The number of anilines is 1. The Morgan fingerprint density at radius 3 is 2.56 bits per heavy atom. The van der Waals surface area contributed by atoms with Gasteiger partial charge in [-0.05, 0) is 38.5 Å². The second kappa shape index (κ2) is 5.33. The maximum atomic E-state index is 4.67. The quantitative estimate of drug-likeness (QED) is 0.874. The van der Waals surface area contributed by atoms with Gasteiger partial charge >= 0.3 is 0 Å². The van der Waals surface area contributed by atoms with Crippen LogP contribution in [0.1, 0.15) is 63.1 Å². The summed E-state index contributed by atoms with van der Waals surface area (Å²) in [5.41, 5.74) is 1.15. The maximum absolute atomic E-state index is 4.67. The molecule has 3 nitrogen and oxygen atoms in total. The first-order valence-electron chi connectivity index (χ1n) is 7.62. The molecule has 18 heavy (non-hydrogen) atoms. The van der Waals surface area contributed by atoms with Gasteiger partial charge < -0.3 is 9.88 Å². The summed E-state index contributed by atoms with van der Waals surface area (Å²) in [5, 5.41) is 3.60. The highest BCUT2D eigenvalue weighted by Crippen LogP contribution is 2.32. The Morgan fingerprint density at radius 1 is 1.17 bits per heavy atom. The van der Waals surface area contributed by atoms with Crippen molar-refractivity contribution in [1.82, 2.24) is 9.55 Å². The highest BCUT2D eigenvalue weighted by Gasteiger charge is 2.21. The van der Waals surface area contributed by atoms with Crippen molar-refractivity contribution in [3.05, 3.63) is 11.9 Å². The van der Waals surface area contributed by atoms with E-state index in [0.717, 1.165) is 24.1 Å². The summed E-state index contributed by atoms with van der Waals surface area (Å²) in [7, 11) is 0. The molecule has 0 aliphatic heterocycles. The zero-order valence-corrected chi connectivity index (χ0v) is 11.5. The van der Waals surface area contributed by atoms with Crippen molar-refractivity contribution in [3.8, 4) is 0 Å². The van der Waals surface area contributed by atoms with Gasteiger partial charge in [-0.1, -0.05) is 25.7 Å². The zero-order chi connectivity index (χ0) is 12.4. The Kier molecular flexibility index (Phi) is 3.57. The molecule has 100 valence electrons. The van der Waals surface area contributed by atoms with Crippen LogP contribution in [0.5, 0.6) is 0 Å². The molecule has 1 N–H and O–H groups in total. The van der Waals surface area contributed by atoms with Crippen LogP contribution in [0, 0.1) is 12.8 Å². The molecule has 0 saturated heterocycles. The van der Waals surface area contributed by atoms with Crippen molar-refractivity contribution in [2.24, 2.45) is 5.92 Å². The van der Waals surface area contributed by atoms with Crippen molar-refractivity contribution < 1.29 is 0 Å². The minimum Gasteiger partial charge on any atom is -0.355 e. The highest BCUT2D eigenvalue weighted by molar-refractivity contribution is 5.30. The van der Waals surface area contributed by atoms with Crippen LogP contribution in [0.25, 0.3) is 0 Å². The highest BCUT2D eigenvalue weighted by atomic mass is 15.2. The summed E-state index contributed by atoms with van der Waals surface area (Å²) >= 11 is 0. The molecule has 1 aromatic heterocycles. The van der Waals surface area contributed by atoms with Gasteiger partial charge in [0.1, 0.15) is 0 Å². The second-order valence-corrected chi connectivity index (χ2v) is 6.08. The molecular formula is C15H25N3. The lowest BCUT2D eigenvalue weighted by molar-refractivity contribution is 0.516. The lowest BCUT2D eigenvalue weighted by atomic mass is 10.1. The largest absolute Gasteiger partial charge is 0.355 e. The topological polar surface area (TPSA) is 29.9 Å². The number of nitrogens with zero attached hydrogens (tertiary/aromatic N) is 2. The first-order valence-corrected chi connectivity index (χ1v) is 7.62. The van der Waals surface area contributed by atoms with Gasteiger partial charge in [-0.3, -0.25) is 0 Å². The van der Waals surface area contributed by atoms with Crippen molar-refractivity contribution in [2.75, 3.05) is 11.9 Å². The predicted octanol–water partition coefficient (Wildman–Crippen LogP) is 3.91. The van der Waals surface area contributed by atoms with Gasteiger partial charge in [-0.15, -0.1) is 0 Å². The van der Waals surface area contributed by atoms with E-state index in [1.165, 1.54) is 51.4 Å². The lowest BCUT2D eigenvalue weighted by Gasteiger charge is -2.17. The maximum Gasteiger partial charge on any atom is 0.203 e. The van der Waals surface area contributed by atoms with Crippen LogP contribution in [-0.4, -0.2) is 16.1 Å². The van der Waals surface area contributed by atoms with Crippen LogP contribution in [-0.2, 0) is 0 Å². The number of rotatable bonds is 4. The number of aryl methyl sites for hydroxylation is 1. The molecule has 0 bridgehead atoms. The summed E-state index contributed by atoms with van der Waals surface area (Å²) in [6, 6.07) is 0.692. The second-order valence-electron chi connectivity index (χ2n) is 6.08. The third-order valence-corrected chi connectivity index (χ3v) is 4.59. The van der Waals surface area contributed by atoms with E-state index in [4.69, 9.17) is 0 Å². The molecule has 0 spiro atoms. The first-order chi connectivity index (χ1) is 8.83. The summed E-state index contributed by atoms with van der Waals surface area (Å²) < 4.78 is 2.40. The van der Waals surface area contributed by atoms with Crippen LogP contribution in [0.3, 0.4) is 0 Å². The molecule has 3 heteroatoms. The number of hydrogen-bond donors (Lipinski definition) is 1. The molecule has 2 fully saturated rings. The van der Waals surface area contributed by atoms with Crippen LogP contribution in [0.15, 0.2) is 6.20 Å². The van der Waals surface area contributed by atoms with Gasteiger partial charge in [0.2, 0.25) is 5.95 Å². The number of hydrogen-bond acceptors (Lipinski definition) is 2. The minimum absolute atomic E-state index is 0.692. The predicted molar refractivity (Wildman–Crippen MR) is 74.9 cm³/mol. The van der Waals surface area contributed by atoms with E-state index in [0.29, 0.717) is 6.04 Å². The zero-order valence-electron chi connectivity index (χ0n) is 11.5. The van der Waals surface area contributed by atoms with Crippen molar-refractivity contribution in [1.29, 1.82) is 0 Å². The van der Waals surface area contributed by atoms with Crippen LogP contribution in [0.2, 0.25) is 0 Å². The minimum atomic E-state index is 0.692. The third kappa shape index (κ3) is 2.55. The average molecular weight is 247 g/mol. The van der Waals surface area contributed by atoms with E-state index in [-0.39, 0.29) is 0 Å². The van der Waals surface area contributed by atoms with Crippen LogP contribution in [0.4, 0.5) is 5.95 Å². The summed E-state index contributed by atoms with van der Waals surface area (Å²) in [4.78, 5) is 4.67. The van der Waals surface area contributed by atoms with E-state index in [1.54, 1.807) is 0 Å². The Morgan fingerprint density at radius 2 is 1.83 bits per heavy atom. The van der Waals surface area contributed by atoms with E-state index < -0.39 is 0 Å². The average Bonchev–Trinajstić information content (AvgIpc) is 3.08. The third-order valence-electron chi connectivity index (χ3n) is 4.59. The molecule has 3 rings (SSSR count). The van der Waals surface area contributed by atoms with Crippen molar-refractivity contribution in [2.45, 2.75) is 64.3 Å². The molecule has 0 aromatic carbocycles. The van der Waals surface area contributed by atoms with E-state index in [2.05, 4.69) is 28.0 Å². The molecule has 1 heterocycles. The standard InChI is InChI=1S/C15H25N3/c1-12-11-18(14-8-4-5-9-14)15(17-12)16-10-13-6-2-3-7-13/h11,13-14H,2-10H2,1H3,(H,16,17). The van der Waals surface area contributed by atoms with Gasteiger partial charge in [-0.25, -0.2) is 4.98 Å². The smallest absolute Gasteiger partial charge is 0.203 e. The number of aromatic nitrogens is 2. The fourth-order valence-electron chi connectivity index (χ4n) is 3.56. The molecular weight excluding hydrogens is 222 g/mol. The van der Waals surface area contributed by atoms with Gasteiger partial charge in [0, 0.05) is 18.8 Å². The summed E-state index contributed by atoms with van der Waals surface area (Å²) in [5.74, 6) is 1.99. The van der Waals surface area contributed by atoms with Gasteiger partial charge in [0.25, 0.3) is 0 Å². The fourth-order valence-corrected chi connectivity index (χ4v) is 3.56. The normalized spacial score (nSPS) is 21.8. The molecule has 0 radical (unpaired) electrons. The lowest BCUT2D eigenvalue weighted by Crippen LogP contribution is -2.16. The molecule has 0 amide bonds. The Bertz CT molecular complexity index is 384. The Hall–Kier alpha value is -0.990. The summed E-state index contributed by atoms with van der Waals surface area (Å²) in [6.07, 6.45) is 13.3. The monoisotopic (exact) mass is 247 g/mol. The molecule has 2 aliphatic carbocycles. The fraction of sp³-hybridized carbons (Fsp3) is 0.800. The van der Waals surface area contributed by atoms with E-state index in [9.17, 15) is 0 Å². The summed E-state index contributed by atoms with van der Waals surface area (Å²) in [6.45, 7) is 3.22. The van der Waals surface area contributed by atoms with E-state index in [1.807, 2.05) is 0 Å². The molecule has 0 atom stereocenters.